The summed E-state index contributed by atoms with van der Waals surface area (Å²) in [6.45, 7) is 1.59. The molecule has 1 unspecified atom stereocenters. The summed E-state index contributed by atoms with van der Waals surface area (Å²) in [7, 11) is 0. The molecular formula is C14H14FN3O3. The molecule has 0 spiro atoms. The Hall–Kier alpha value is -2.88. The van der Waals surface area contributed by atoms with Crippen LogP contribution in [0.1, 0.15) is 12.5 Å². The molecule has 0 bridgehead atoms. The van der Waals surface area contributed by atoms with Gasteiger partial charge in [0.05, 0.1) is 0 Å². The van der Waals surface area contributed by atoms with Crippen molar-refractivity contribution in [3.63, 3.8) is 0 Å². The van der Waals surface area contributed by atoms with E-state index in [1.807, 2.05) is 0 Å². The Balaban J connectivity index is 2.59. The van der Waals surface area contributed by atoms with Gasteiger partial charge in [-0.05, 0) is 24.6 Å². The summed E-state index contributed by atoms with van der Waals surface area (Å²) < 4.78 is 12.7. The van der Waals surface area contributed by atoms with Crippen molar-refractivity contribution in [1.82, 2.24) is 10.6 Å². The molecule has 0 fully saturated rings. The van der Waals surface area contributed by atoms with Gasteiger partial charge in [-0.3, -0.25) is 9.59 Å². The standard InChI is InChI=1S/C14H14FN3O3/c1-9(14(20)21)18-13(19)11(6-16)8-17-7-10-2-4-12(15)5-3-10/h2-5,8-9,17H,7H2,1H3,(H,18,19)(H,20,21)/b11-8-. The van der Waals surface area contributed by atoms with Crippen molar-refractivity contribution in [2.75, 3.05) is 0 Å². The van der Waals surface area contributed by atoms with E-state index in [2.05, 4.69) is 10.6 Å². The average Bonchev–Trinajstić information content (AvgIpc) is 2.45. The number of nitriles is 1. The highest BCUT2D eigenvalue weighted by molar-refractivity contribution is 5.99. The monoisotopic (exact) mass is 291 g/mol. The molecule has 1 rings (SSSR count). The lowest BCUT2D eigenvalue weighted by Crippen LogP contribution is -2.39. The van der Waals surface area contributed by atoms with Crippen LogP contribution in [0.15, 0.2) is 36.0 Å². The number of halogens is 1. The number of amides is 1. The summed E-state index contributed by atoms with van der Waals surface area (Å²) in [5, 5.41) is 22.4. The summed E-state index contributed by atoms with van der Waals surface area (Å²) >= 11 is 0. The first-order chi connectivity index (χ1) is 9.93. The Bertz CT molecular complexity index is 590. The fourth-order valence-electron chi connectivity index (χ4n) is 1.36. The van der Waals surface area contributed by atoms with Crippen molar-refractivity contribution in [2.45, 2.75) is 19.5 Å². The van der Waals surface area contributed by atoms with Crippen molar-refractivity contribution in [1.29, 1.82) is 5.26 Å². The van der Waals surface area contributed by atoms with Crippen LogP contribution in [0.3, 0.4) is 0 Å². The maximum atomic E-state index is 12.7. The second-order valence-electron chi connectivity index (χ2n) is 4.21. The van der Waals surface area contributed by atoms with E-state index in [1.165, 1.54) is 25.3 Å². The number of nitrogens with one attached hydrogen (secondary N) is 2. The summed E-state index contributed by atoms with van der Waals surface area (Å²) in [5.74, 6) is -2.33. The zero-order valence-electron chi connectivity index (χ0n) is 11.3. The predicted molar refractivity (Wildman–Crippen MR) is 72.2 cm³/mol. The maximum absolute atomic E-state index is 12.7. The molecule has 0 aliphatic carbocycles. The minimum Gasteiger partial charge on any atom is -0.480 e. The molecule has 7 heteroatoms. The highest BCUT2D eigenvalue weighted by Gasteiger charge is 2.16. The van der Waals surface area contributed by atoms with E-state index in [0.717, 1.165) is 5.56 Å². The fraction of sp³-hybridized carbons (Fsp3) is 0.214. The molecule has 3 N–H and O–H groups in total. The zero-order chi connectivity index (χ0) is 15.8. The highest BCUT2D eigenvalue weighted by Crippen LogP contribution is 2.02. The molecule has 0 aliphatic rings. The SMILES string of the molecule is CC(NC(=O)/C(C#N)=C\NCc1ccc(F)cc1)C(=O)O. The largest absolute Gasteiger partial charge is 0.480 e. The molecule has 21 heavy (non-hydrogen) atoms. The summed E-state index contributed by atoms with van der Waals surface area (Å²) in [6.07, 6.45) is 1.19. The summed E-state index contributed by atoms with van der Waals surface area (Å²) in [6, 6.07) is 6.31. The van der Waals surface area contributed by atoms with Gasteiger partial charge >= 0.3 is 5.97 Å². The highest BCUT2D eigenvalue weighted by atomic mass is 19.1. The second-order valence-corrected chi connectivity index (χ2v) is 4.21. The first-order valence-corrected chi connectivity index (χ1v) is 6.05. The zero-order valence-corrected chi connectivity index (χ0v) is 11.3. The molecule has 0 aliphatic heterocycles. The molecule has 0 aromatic heterocycles. The van der Waals surface area contributed by atoms with Crippen LogP contribution in [0.25, 0.3) is 0 Å². The number of benzene rings is 1. The minimum atomic E-state index is -1.19. The lowest BCUT2D eigenvalue weighted by molar-refractivity contribution is -0.140. The van der Waals surface area contributed by atoms with E-state index >= 15 is 0 Å². The topological polar surface area (TPSA) is 102 Å². The van der Waals surface area contributed by atoms with E-state index in [9.17, 15) is 14.0 Å². The van der Waals surface area contributed by atoms with Gasteiger partial charge in [-0.15, -0.1) is 0 Å². The number of carboxylic acids is 1. The van der Waals surface area contributed by atoms with Gasteiger partial charge in [0.15, 0.2) is 0 Å². The van der Waals surface area contributed by atoms with Crippen LogP contribution in [-0.4, -0.2) is 23.0 Å². The van der Waals surface area contributed by atoms with Crippen LogP contribution < -0.4 is 10.6 Å². The number of nitrogens with zero attached hydrogens (tertiary/aromatic N) is 1. The Morgan fingerprint density at radius 2 is 2.05 bits per heavy atom. The number of carboxylic acid groups (broad SMARTS) is 1. The van der Waals surface area contributed by atoms with Gasteiger partial charge in [0.2, 0.25) is 0 Å². The van der Waals surface area contributed by atoms with Gasteiger partial charge in [-0.2, -0.15) is 5.26 Å². The summed E-state index contributed by atoms with van der Waals surface area (Å²) in [5.41, 5.74) is 0.523. The first-order valence-electron chi connectivity index (χ1n) is 6.05. The van der Waals surface area contributed by atoms with Crippen LogP contribution in [-0.2, 0) is 16.1 Å². The molecule has 0 saturated heterocycles. The molecule has 1 aromatic rings. The van der Waals surface area contributed by atoms with Gasteiger partial charge in [-0.25, -0.2) is 4.39 Å². The van der Waals surface area contributed by atoms with Crippen molar-refractivity contribution < 1.29 is 19.1 Å². The third-order valence-corrected chi connectivity index (χ3v) is 2.55. The van der Waals surface area contributed by atoms with Crippen molar-refractivity contribution in [3.05, 3.63) is 47.4 Å². The third-order valence-electron chi connectivity index (χ3n) is 2.55. The molecule has 1 amide bonds. The van der Waals surface area contributed by atoms with Gasteiger partial charge < -0.3 is 15.7 Å². The Labute approximate surface area is 120 Å². The van der Waals surface area contributed by atoms with E-state index in [1.54, 1.807) is 18.2 Å². The lowest BCUT2D eigenvalue weighted by Gasteiger charge is -2.08. The molecule has 0 saturated carbocycles. The number of hydrogen-bond acceptors (Lipinski definition) is 4. The van der Waals surface area contributed by atoms with Crippen LogP contribution in [0, 0.1) is 17.1 Å². The Kier molecular flexibility index (Phi) is 5.89. The van der Waals surface area contributed by atoms with Crippen LogP contribution in [0.2, 0.25) is 0 Å². The first kappa shape index (κ1) is 16.2. The molecule has 6 nitrogen and oxygen atoms in total. The molecule has 110 valence electrons. The second kappa shape index (κ2) is 7.65. The fourth-order valence-corrected chi connectivity index (χ4v) is 1.36. The van der Waals surface area contributed by atoms with Gasteiger partial charge in [0.25, 0.3) is 5.91 Å². The Morgan fingerprint density at radius 1 is 1.43 bits per heavy atom. The van der Waals surface area contributed by atoms with Crippen LogP contribution in [0.5, 0.6) is 0 Å². The van der Waals surface area contributed by atoms with Crippen LogP contribution in [0.4, 0.5) is 4.39 Å². The molecule has 1 atom stereocenters. The number of aliphatic carboxylic acids is 1. The maximum Gasteiger partial charge on any atom is 0.325 e. The Morgan fingerprint density at radius 3 is 2.57 bits per heavy atom. The normalized spacial score (nSPS) is 12.1. The predicted octanol–water partition coefficient (Wildman–Crippen LogP) is 0.912. The quantitative estimate of drug-likeness (QED) is 0.534. The number of rotatable bonds is 6. The van der Waals surface area contributed by atoms with Gasteiger partial charge in [-0.1, -0.05) is 12.1 Å². The van der Waals surface area contributed by atoms with Gasteiger partial charge in [0.1, 0.15) is 23.5 Å². The molecular weight excluding hydrogens is 277 g/mol. The molecule has 0 heterocycles. The summed E-state index contributed by atoms with van der Waals surface area (Å²) in [4.78, 5) is 22.2. The third kappa shape index (κ3) is 5.32. The minimum absolute atomic E-state index is 0.245. The number of carbonyl (C=O) groups excluding carboxylic acids is 1. The van der Waals surface area contributed by atoms with Crippen LogP contribution >= 0.6 is 0 Å². The van der Waals surface area contributed by atoms with E-state index in [4.69, 9.17) is 10.4 Å². The van der Waals surface area contributed by atoms with Gasteiger partial charge in [0, 0.05) is 12.7 Å². The van der Waals surface area contributed by atoms with E-state index in [0.29, 0.717) is 6.54 Å². The molecule has 1 aromatic carbocycles. The number of hydrogen-bond donors (Lipinski definition) is 3. The smallest absolute Gasteiger partial charge is 0.325 e. The van der Waals surface area contributed by atoms with Crippen molar-refractivity contribution in [3.8, 4) is 6.07 Å². The number of carbonyl (C=O) groups is 2. The van der Waals surface area contributed by atoms with Crippen molar-refractivity contribution in [2.24, 2.45) is 0 Å². The lowest BCUT2D eigenvalue weighted by atomic mass is 10.2. The molecule has 0 radical (unpaired) electrons. The average molecular weight is 291 g/mol. The van der Waals surface area contributed by atoms with E-state index < -0.39 is 17.9 Å². The van der Waals surface area contributed by atoms with E-state index in [-0.39, 0.29) is 11.4 Å². The van der Waals surface area contributed by atoms with Crippen molar-refractivity contribution >= 4 is 11.9 Å².